The Balaban J connectivity index is 1.43. The Labute approximate surface area is 197 Å². The number of nitrogens with zero attached hydrogens (tertiary/aromatic N) is 2. The molecule has 1 heterocycles. The number of carbonyl (C=O) groups excluding carboxylic acids is 2. The predicted molar refractivity (Wildman–Crippen MR) is 128 cm³/mol. The van der Waals surface area contributed by atoms with E-state index in [1.54, 1.807) is 54.4 Å². The normalized spacial score (nSPS) is 13.6. The standard InChI is InChI=1S/C26H26FN3O4/c1-33-23-14-18(15-24(16-23)34-2)17-29-12-3-13-30(26(29)32)22-10-8-21(9-11-22)28-25(31)19-4-6-20(27)7-5-19/h4-11,14-16H,3,12-13,17H2,1-2H3,(H,28,31). The summed E-state index contributed by atoms with van der Waals surface area (Å²) in [6.07, 6.45) is 0.829. The molecule has 1 aliphatic heterocycles. The number of hydrogen-bond acceptors (Lipinski definition) is 4. The SMILES string of the molecule is COc1cc(CN2CCCN(c3ccc(NC(=O)c4ccc(F)cc4)cc3)C2=O)cc(OC)c1. The van der Waals surface area contributed by atoms with Gasteiger partial charge in [0.05, 0.1) is 14.2 Å². The third-order valence-electron chi connectivity index (χ3n) is 5.64. The zero-order chi connectivity index (χ0) is 24.1. The molecule has 8 heteroatoms. The van der Waals surface area contributed by atoms with Gasteiger partial charge in [-0.25, -0.2) is 9.18 Å². The van der Waals surface area contributed by atoms with Crippen molar-refractivity contribution in [1.29, 1.82) is 0 Å². The molecule has 3 amide bonds. The van der Waals surface area contributed by atoms with Gasteiger partial charge < -0.3 is 19.7 Å². The lowest BCUT2D eigenvalue weighted by Gasteiger charge is -2.35. The van der Waals surface area contributed by atoms with Crippen LogP contribution in [0.2, 0.25) is 0 Å². The Morgan fingerprint density at radius 2 is 1.59 bits per heavy atom. The zero-order valence-corrected chi connectivity index (χ0v) is 19.1. The van der Waals surface area contributed by atoms with E-state index in [9.17, 15) is 14.0 Å². The second-order valence-electron chi connectivity index (χ2n) is 7.94. The van der Waals surface area contributed by atoms with E-state index < -0.39 is 5.82 Å². The van der Waals surface area contributed by atoms with Gasteiger partial charge in [-0.1, -0.05) is 0 Å². The molecule has 0 unspecified atom stereocenters. The second kappa shape index (κ2) is 10.2. The molecule has 1 fully saturated rings. The number of rotatable bonds is 7. The van der Waals surface area contributed by atoms with Gasteiger partial charge in [0, 0.05) is 42.6 Å². The molecule has 1 saturated heterocycles. The molecule has 3 aromatic carbocycles. The summed E-state index contributed by atoms with van der Waals surface area (Å²) < 4.78 is 23.7. The van der Waals surface area contributed by atoms with Gasteiger partial charge in [0.15, 0.2) is 0 Å². The molecule has 1 N–H and O–H groups in total. The summed E-state index contributed by atoms with van der Waals surface area (Å²) in [5.74, 6) is 0.622. The minimum Gasteiger partial charge on any atom is -0.497 e. The molecule has 4 rings (SSSR count). The molecule has 0 spiro atoms. The van der Waals surface area contributed by atoms with E-state index >= 15 is 0 Å². The number of benzene rings is 3. The topological polar surface area (TPSA) is 71.1 Å². The van der Waals surface area contributed by atoms with Gasteiger partial charge in [-0.05, 0) is 72.6 Å². The fourth-order valence-corrected chi connectivity index (χ4v) is 3.88. The lowest BCUT2D eigenvalue weighted by molar-refractivity contribution is 0.102. The van der Waals surface area contributed by atoms with Gasteiger partial charge in [0.1, 0.15) is 17.3 Å². The van der Waals surface area contributed by atoms with Crippen LogP contribution in [-0.4, -0.2) is 44.1 Å². The van der Waals surface area contributed by atoms with Crippen molar-refractivity contribution in [1.82, 2.24) is 4.90 Å². The van der Waals surface area contributed by atoms with Gasteiger partial charge in [0.25, 0.3) is 5.91 Å². The minimum absolute atomic E-state index is 0.0869. The molecule has 0 aliphatic carbocycles. The van der Waals surface area contributed by atoms with E-state index in [2.05, 4.69) is 5.32 Å². The molecule has 176 valence electrons. The molecule has 0 radical (unpaired) electrons. The monoisotopic (exact) mass is 463 g/mol. The molecule has 0 bridgehead atoms. The summed E-state index contributed by atoms with van der Waals surface area (Å²) in [5.41, 5.74) is 2.62. The van der Waals surface area contributed by atoms with Crippen molar-refractivity contribution in [2.45, 2.75) is 13.0 Å². The van der Waals surface area contributed by atoms with E-state index in [1.807, 2.05) is 12.1 Å². The van der Waals surface area contributed by atoms with Crippen LogP contribution in [0.1, 0.15) is 22.3 Å². The van der Waals surface area contributed by atoms with Crippen LogP contribution in [0.3, 0.4) is 0 Å². The Hall–Kier alpha value is -4.07. The van der Waals surface area contributed by atoms with Crippen LogP contribution in [0.4, 0.5) is 20.6 Å². The quantitative estimate of drug-likeness (QED) is 0.540. The highest BCUT2D eigenvalue weighted by molar-refractivity contribution is 6.04. The summed E-state index contributed by atoms with van der Waals surface area (Å²) in [7, 11) is 3.19. The van der Waals surface area contributed by atoms with E-state index in [0.717, 1.165) is 17.7 Å². The van der Waals surface area contributed by atoms with E-state index in [0.29, 0.717) is 42.4 Å². The predicted octanol–water partition coefficient (Wildman–Crippen LogP) is 4.93. The molecular formula is C26H26FN3O4. The van der Waals surface area contributed by atoms with Crippen LogP contribution < -0.4 is 19.7 Å². The lowest BCUT2D eigenvalue weighted by atomic mass is 10.1. The number of halogens is 1. The fourth-order valence-electron chi connectivity index (χ4n) is 3.88. The molecular weight excluding hydrogens is 437 g/mol. The summed E-state index contributed by atoms with van der Waals surface area (Å²) in [6.45, 7) is 1.70. The van der Waals surface area contributed by atoms with Crippen LogP contribution in [0.15, 0.2) is 66.7 Å². The average molecular weight is 464 g/mol. The first-order valence-electron chi connectivity index (χ1n) is 10.9. The van der Waals surface area contributed by atoms with E-state index in [1.165, 1.54) is 24.3 Å². The average Bonchev–Trinajstić information content (AvgIpc) is 2.86. The molecule has 0 saturated carbocycles. The maximum Gasteiger partial charge on any atom is 0.324 e. The number of methoxy groups -OCH3 is 2. The molecule has 34 heavy (non-hydrogen) atoms. The summed E-state index contributed by atoms with van der Waals surface area (Å²) in [4.78, 5) is 29.1. The Morgan fingerprint density at radius 3 is 2.21 bits per heavy atom. The molecule has 0 aromatic heterocycles. The van der Waals surface area contributed by atoms with Crippen molar-refractivity contribution in [3.63, 3.8) is 0 Å². The van der Waals surface area contributed by atoms with Crippen LogP contribution in [0.5, 0.6) is 11.5 Å². The zero-order valence-electron chi connectivity index (χ0n) is 19.1. The van der Waals surface area contributed by atoms with Crippen molar-refractivity contribution in [2.75, 3.05) is 37.5 Å². The lowest BCUT2D eigenvalue weighted by Crippen LogP contribution is -2.49. The van der Waals surface area contributed by atoms with E-state index in [-0.39, 0.29) is 11.9 Å². The number of carbonyl (C=O) groups is 2. The highest BCUT2D eigenvalue weighted by Crippen LogP contribution is 2.26. The second-order valence-corrected chi connectivity index (χ2v) is 7.94. The van der Waals surface area contributed by atoms with Crippen LogP contribution in [0.25, 0.3) is 0 Å². The maximum atomic E-state index is 13.2. The van der Waals surface area contributed by atoms with Crippen LogP contribution in [0, 0.1) is 5.82 Å². The Bertz CT molecular complexity index is 1140. The number of amides is 3. The van der Waals surface area contributed by atoms with Gasteiger partial charge in [-0.2, -0.15) is 0 Å². The first-order chi connectivity index (χ1) is 16.5. The van der Waals surface area contributed by atoms with Gasteiger partial charge >= 0.3 is 6.03 Å². The van der Waals surface area contributed by atoms with Crippen molar-refractivity contribution >= 4 is 23.3 Å². The molecule has 7 nitrogen and oxygen atoms in total. The Morgan fingerprint density at radius 1 is 0.941 bits per heavy atom. The fraction of sp³-hybridized carbons (Fsp3) is 0.231. The van der Waals surface area contributed by atoms with Crippen molar-refractivity contribution in [2.24, 2.45) is 0 Å². The summed E-state index contributed by atoms with van der Waals surface area (Å²) in [5, 5.41) is 2.78. The van der Waals surface area contributed by atoms with Gasteiger partial charge in [0.2, 0.25) is 0 Å². The van der Waals surface area contributed by atoms with Crippen molar-refractivity contribution in [3.8, 4) is 11.5 Å². The van der Waals surface area contributed by atoms with Crippen molar-refractivity contribution < 1.29 is 23.5 Å². The summed E-state index contributed by atoms with van der Waals surface area (Å²) in [6, 6.07) is 17.9. The largest absolute Gasteiger partial charge is 0.497 e. The van der Waals surface area contributed by atoms with Gasteiger partial charge in [-0.15, -0.1) is 0 Å². The number of ether oxygens (including phenoxy) is 2. The maximum absolute atomic E-state index is 13.2. The summed E-state index contributed by atoms with van der Waals surface area (Å²) >= 11 is 0. The first kappa shape index (κ1) is 23.1. The first-order valence-corrected chi connectivity index (χ1v) is 10.9. The third kappa shape index (κ3) is 5.28. The molecule has 0 atom stereocenters. The number of urea groups is 1. The number of hydrogen-bond donors (Lipinski definition) is 1. The molecule has 1 aliphatic rings. The Kier molecular flexibility index (Phi) is 6.96. The highest BCUT2D eigenvalue weighted by Gasteiger charge is 2.27. The number of anilines is 2. The van der Waals surface area contributed by atoms with Crippen LogP contribution >= 0.6 is 0 Å². The van der Waals surface area contributed by atoms with Gasteiger partial charge in [-0.3, -0.25) is 9.69 Å². The smallest absolute Gasteiger partial charge is 0.324 e. The van der Waals surface area contributed by atoms with E-state index in [4.69, 9.17) is 9.47 Å². The minimum atomic E-state index is -0.397. The van der Waals surface area contributed by atoms with Crippen molar-refractivity contribution in [3.05, 3.63) is 83.7 Å². The third-order valence-corrected chi connectivity index (χ3v) is 5.64. The molecule has 3 aromatic rings. The number of nitrogens with one attached hydrogen (secondary N) is 1. The highest BCUT2D eigenvalue weighted by atomic mass is 19.1. The van der Waals surface area contributed by atoms with Crippen LogP contribution in [-0.2, 0) is 6.54 Å².